The van der Waals surface area contributed by atoms with Gasteiger partial charge in [0, 0.05) is 44.8 Å². The van der Waals surface area contributed by atoms with Gasteiger partial charge < -0.3 is 9.88 Å². The van der Waals surface area contributed by atoms with E-state index in [2.05, 4.69) is 9.88 Å². The number of nitrogens with one attached hydrogen (secondary N) is 1. The van der Waals surface area contributed by atoms with Gasteiger partial charge in [-0.05, 0) is 50.6 Å². The number of carbonyl (C=O) groups is 1. The van der Waals surface area contributed by atoms with Crippen LogP contribution in [0.15, 0.2) is 48.0 Å². The molecule has 3 rings (SSSR count). The molecule has 3 aromatic rings. The molecule has 0 saturated heterocycles. The predicted octanol–water partition coefficient (Wildman–Crippen LogP) is 5.74. The van der Waals surface area contributed by atoms with Crippen LogP contribution in [0.4, 0.5) is 0 Å². The Morgan fingerprint density at radius 2 is 1.97 bits per heavy atom. The molecule has 0 unspecified atom stereocenters. The summed E-state index contributed by atoms with van der Waals surface area (Å²) < 4.78 is 2.13. The summed E-state index contributed by atoms with van der Waals surface area (Å²) >= 11 is 12.4. The number of aromatic nitrogens is 1. The van der Waals surface area contributed by atoms with Crippen LogP contribution in [-0.4, -0.2) is 16.5 Å². The van der Waals surface area contributed by atoms with Gasteiger partial charge in [-0.3, -0.25) is 4.79 Å². The number of fused-ring (bicyclic) bond motifs is 1. The van der Waals surface area contributed by atoms with E-state index in [1.807, 2.05) is 63.2 Å². The maximum Gasteiger partial charge on any atom is 0.262 e. The SMILES string of the molecule is Cc1c(/C=C(/C#N)C(=O)NC(C)C)c2ccccc2n1Cc1ccc(Cl)cc1Cl. The van der Waals surface area contributed by atoms with Crippen LogP contribution in [0.3, 0.4) is 0 Å². The molecule has 1 N–H and O–H groups in total. The second-order valence-corrected chi connectivity index (χ2v) is 7.98. The van der Waals surface area contributed by atoms with Crippen molar-refractivity contribution in [3.8, 4) is 6.07 Å². The van der Waals surface area contributed by atoms with E-state index in [4.69, 9.17) is 23.2 Å². The van der Waals surface area contributed by atoms with Crippen molar-refractivity contribution in [3.05, 3.63) is 74.9 Å². The molecule has 1 aromatic heterocycles. The molecule has 0 spiro atoms. The zero-order valence-electron chi connectivity index (χ0n) is 16.5. The summed E-state index contributed by atoms with van der Waals surface area (Å²) in [5, 5.41) is 14.5. The van der Waals surface area contributed by atoms with Gasteiger partial charge in [0.2, 0.25) is 0 Å². The minimum absolute atomic E-state index is 0.0475. The van der Waals surface area contributed by atoms with Crippen LogP contribution in [0.5, 0.6) is 0 Å². The zero-order valence-corrected chi connectivity index (χ0v) is 18.0. The third-order valence-electron chi connectivity index (χ3n) is 4.70. The minimum atomic E-state index is -0.375. The third kappa shape index (κ3) is 4.48. The van der Waals surface area contributed by atoms with E-state index in [0.717, 1.165) is 27.7 Å². The number of halogens is 2. The third-order valence-corrected chi connectivity index (χ3v) is 5.28. The molecule has 6 heteroatoms. The average molecular weight is 426 g/mol. The molecule has 0 aliphatic carbocycles. The summed E-state index contributed by atoms with van der Waals surface area (Å²) in [6.45, 7) is 6.25. The number of para-hydroxylation sites is 1. The van der Waals surface area contributed by atoms with Crippen molar-refractivity contribution in [2.24, 2.45) is 0 Å². The smallest absolute Gasteiger partial charge is 0.262 e. The Balaban J connectivity index is 2.13. The molecule has 1 amide bonds. The summed E-state index contributed by atoms with van der Waals surface area (Å²) in [7, 11) is 0. The lowest BCUT2D eigenvalue weighted by Gasteiger charge is -2.11. The molecule has 29 heavy (non-hydrogen) atoms. The lowest BCUT2D eigenvalue weighted by atomic mass is 10.1. The Hall–Kier alpha value is -2.74. The monoisotopic (exact) mass is 425 g/mol. The van der Waals surface area contributed by atoms with Gasteiger partial charge in [0.05, 0.1) is 0 Å². The van der Waals surface area contributed by atoms with Gasteiger partial charge in [0.15, 0.2) is 0 Å². The molecule has 0 aliphatic rings. The van der Waals surface area contributed by atoms with E-state index in [9.17, 15) is 10.1 Å². The van der Waals surface area contributed by atoms with Crippen molar-refractivity contribution in [1.82, 2.24) is 9.88 Å². The quantitative estimate of drug-likeness (QED) is 0.418. The summed E-state index contributed by atoms with van der Waals surface area (Å²) in [5.74, 6) is -0.375. The summed E-state index contributed by atoms with van der Waals surface area (Å²) in [6, 6.07) is 15.3. The molecular weight excluding hydrogens is 405 g/mol. The first-order chi connectivity index (χ1) is 13.8. The van der Waals surface area contributed by atoms with Crippen LogP contribution in [-0.2, 0) is 11.3 Å². The largest absolute Gasteiger partial charge is 0.349 e. The highest BCUT2D eigenvalue weighted by Crippen LogP contribution is 2.30. The van der Waals surface area contributed by atoms with Crippen LogP contribution < -0.4 is 5.32 Å². The first kappa shape index (κ1) is 21.0. The highest BCUT2D eigenvalue weighted by molar-refractivity contribution is 6.35. The predicted molar refractivity (Wildman–Crippen MR) is 119 cm³/mol. The van der Waals surface area contributed by atoms with Crippen molar-refractivity contribution in [3.63, 3.8) is 0 Å². The van der Waals surface area contributed by atoms with Crippen molar-refractivity contribution in [2.75, 3.05) is 0 Å². The fourth-order valence-electron chi connectivity index (χ4n) is 3.30. The van der Waals surface area contributed by atoms with Gasteiger partial charge in [-0.1, -0.05) is 47.5 Å². The lowest BCUT2D eigenvalue weighted by molar-refractivity contribution is -0.117. The summed E-state index contributed by atoms with van der Waals surface area (Å²) in [4.78, 5) is 12.4. The van der Waals surface area contributed by atoms with E-state index in [1.54, 1.807) is 12.1 Å². The highest BCUT2D eigenvalue weighted by atomic mass is 35.5. The number of carbonyl (C=O) groups excluding carboxylic acids is 1. The van der Waals surface area contributed by atoms with E-state index in [0.29, 0.717) is 16.6 Å². The Morgan fingerprint density at radius 3 is 2.62 bits per heavy atom. The van der Waals surface area contributed by atoms with Crippen molar-refractivity contribution < 1.29 is 4.79 Å². The van der Waals surface area contributed by atoms with Crippen LogP contribution in [0.1, 0.15) is 30.7 Å². The van der Waals surface area contributed by atoms with Crippen molar-refractivity contribution in [1.29, 1.82) is 5.26 Å². The molecule has 0 atom stereocenters. The number of nitrogens with zero attached hydrogens (tertiary/aromatic N) is 2. The Morgan fingerprint density at radius 1 is 1.24 bits per heavy atom. The molecule has 1 heterocycles. The molecule has 148 valence electrons. The minimum Gasteiger partial charge on any atom is -0.349 e. The topological polar surface area (TPSA) is 57.8 Å². The van der Waals surface area contributed by atoms with Crippen molar-refractivity contribution in [2.45, 2.75) is 33.4 Å². The first-order valence-electron chi connectivity index (χ1n) is 9.26. The maximum atomic E-state index is 12.4. The van der Waals surface area contributed by atoms with Gasteiger partial charge >= 0.3 is 0 Å². The number of hydrogen-bond acceptors (Lipinski definition) is 2. The molecule has 0 radical (unpaired) electrons. The molecule has 0 bridgehead atoms. The second-order valence-electron chi connectivity index (χ2n) is 7.14. The maximum absolute atomic E-state index is 12.4. The lowest BCUT2D eigenvalue weighted by Crippen LogP contribution is -2.30. The number of amides is 1. The second kappa shape index (κ2) is 8.73. The van der Waals surface area contributed by atoms with Gasteiger partial charge in [-0.2, -0.15) is 5.26 Å². The van der Waals surface area contributed by atoms with E-state index in [1.165, 1.54) is 0 Å². The molecule has 2 aromatic carbocycles. The van der Waals surface area contributed by atoms with Crippen LogP contribution in [0, 0.1) is 18.3 Å². The normalized spacial score (nSPS) is 11.7. The van der Waals surface area contributed by atoms with Crippen LogP contribution >= 0.6 is 23.2 Å². The number of rotatable bonds is 5. The van der Waals surface area contributed by atoms with E-state index in [-0.39, 0.29) is 17.5 Å². The van der Waals surface area contributed by atoms with Gasteiger partial charge in [0.1, 0.15) is 11.6 Å². The Bertz CT molecular complexity index is 1150. The molecule has 0 saturated carbocycles. The molecule has 0 aliphatic heterocycles. The van der Waals surface area contributed by atoms with Gasteiger partial charge in [0.25, 0.3) is 5.91 Å². The van der Waals surface area contributed by atoms with Gasteiger partial charge in [-0.25, -0.2) is 0 Å². The van der Waals surface area contributed by atoms with Crippen LogP contribution in [0.25, 0.3) is 17.0 Å². The fraction of sp³-hybridized carbons (Fsp3) is 0.217. The average Bonchev–Trinajstić information content (AvgIpc) is 2.92. The number of hydrogen-bond donors (Lipinski definition) is 1. The fourth-order valence-corrected chi connectivity index (χ4v) is 3.77. The first-order valence-corrected chi connectivity index (χ1v) is 10.0. The Labute approximate surface area is 180 Å². The molecular formula is C23H21Cl2N3O. The van der Waals surface area contributed by atoms with Crippen LogP contribution in [0.2, 0.25) is 10.0 Å². The van der Waals surface area contributed by atoms with E-state index >= 15 is 0 Å². The zero-order chi connectivity index (χ0) is 21.1. The van der Waals surface area contributed by atoms with E-state index < -0.39 is 0 Å². The highest BCUT2D eigenvalue weighted by Gasteiger charge is 2.17. The van der Waals surface area contributed by atoms with Crippen molar-refractivity contribution >= 4 is 46.1 Å². The standard InChI is InChI=1S/C23H21Cl2N3O/c1-14(2)27-23(29)17(12-26)10-20-15(3)28(22-7-5-4-6-19(20)22)13-16-8-9-18(24)11-21(16)25/h4-11,14H,13H2,1-3H3,(H,27,29)/b17-10-. The molecule has 4 nitrogen and oxygen atoms in total. The Kier molecular flexibility index (Phi) is 6.32. The molecule has 0 fully saturated rings. The summed E-state index contributed by atoms with van der Waals surface area (Å²) in [5.41, 5.74) is 3.81. The summed E-state index contributed by atoms with van der Waals surface area (Å²) in [6.07, 6.45) is 1.66. The van der Waals surface area contributed by atoms with Gasteiger partial charge in [-0.15, -0.1) is 0 Å². The number of benzene rings is 2. The number of nitriles is 1.